The van der Waals surface area contributed by atoms with E-state index in [9.17, 15) is 4.79 Å². The lowest BCUT2D eigenvalue weighted by atomic mass is 9.98. The van der Waals surface area contributed by atoms with Crippen molar-refractivity contribution in [3.63, 3.8) is 0 Å². The van der Waals surface area contributed by atoms with Crippen LogP contribution >= 0.6 is 0 Å². The molecule has 0 radical (unpaired) electrons. The van der Waals surface area contributed by atoms with Gasteiger partial charge in [-0.15, -0.1) is 0 Å². The molecule has 1 unspecified atom stereocenters. The quantitative estimate of drug-likeness (QED) is 0.480. The fourth-order valence-corrected chi connectivity index (χ4v) is 3.29. The number of esters is 1. The highest BCUT2D eigenvalue weighted by Crippen LogP contribution is 2.31. The number of hydrogen-bond acceptors (Lipinski definition) is 6. The van der Waals surface area contributed by atoms with Gasteiger partial charge in [0, 0.05) is 6.07 Å². The summed E-state index contributed by atoms with van der Waals surface area (Å²) in [5.41, 5.74) is 2.20. The minimum absolute atomic E-state index is 0.218. The lowest BCUT2D eigenvalue weighted by Crippen LogP contribution is -2.18. The Hall–Kier alpha value is -2.24. The molecule has 0 spiro atoms. The standard InChI is InChI=1S/C20H29NO5/c1-14-8-7-11-16(21-23)10-6-4-5-9-15-12-17(24-2)13-18(25-3)19(15)20(22)26-14/h12-14,23H,4-11H2,1-3H3. The number of cyclic esters (lactones) is 1. The molecule has 144 valence electrons. The van der Waals surface area contributed by atoms with Crippen LogP contribution in [-0.4, -0.2) is 37.2 Å². The van der Waals surface area contributed by atoms with Gasteiger partial charge in [-0.2, -0.15) is 0 Å². The molecule has 1 aliphatic rings. The first kappa shape index (κ1) is 20.1. The van der Waals surface area contributed by atoms with Gasteiger partial charge < -0.3 is 19.4 Å². The highest BCUT2D eigenvalue weighted by molar-refractivity contribution is 5.94. The SMILES string of the molecule is COc1cc2c(c(OC)c1)C(=O)OC(C)CCCC(=NO)CCCCC2. The zero-order chi connectivity index (χ0) is 18.9. The molecule has 0 saturated carbocycles. The molecule has 1 aromatic rings. The Morgan fingerprint density at radius 1 is 1.08 bits per heavy atom. The van der Waals surface area contributed by atoms with E-state index in [4.69, 9.17) is 19.4 Å². The maximum atomic E-state index is 12.8. The Kier molecular flexibility index (Phi) is 7.75. The van der Waals surface area contributed by atoms with Gasteiger partial charge in [0.05, 0.1) is 26.0 Å². The smallest absolute Gasteiger partial charge is 0.342 e. The van der Waals surface area contributed by atoms with Gasteiger partial charge in [-0.05, 0) is 63.5 Å². The van der Waals surface area contributed by atoms with Crippen LogP contribution in [0.15, 0.2) is 17.3 Å². The molecule has 0 aromatic heterocycles. The molecule has 1 N–H and O–H groups in total. The van der Waals surface area contributed by atoms with Crippen LogP contribution in [0.4, 0.5) is 0 Å². The summed E-state index contributed by atoms with van der Waals surface area (Å²) in [4.78, 5) is 12.8. The molecule has 0 fully saturated rings. The number of ether oxygens (including phenoxy) is 3. The van der Waals surface area contributed by atoms with Crippen molar-refractivity contribution in [1.29, 1.82) is 0 Å². The summed E-state index contributed by atoms with van der Waals surface area (Å²) in [7, 11) is 3.15. The van der Waals surface area contributed by atoms with Gasteiger partial charge in [-0.25, -0.2) is 4.79 Å². The second-order valence-electron chi connectivity index (χ2n) is 6.70. The number of fused-ring (bicyclic) bond motifs is 1. The van der Waals surface area contributed by atoms with Gasteiger partial charge in [0.1, 0.15) is 17.1 Å². The van der Waals surface area contributed by atoms with Crippen LogP contribution < -0.4 is 9.47 Å². The van der Waals surface area contributed by atoms with Crippen molar-refractivity contribution in [3.05, 3.63) is 23.3 Å². The number of carbonyl (C=O) groups is 1. The maximum absolute atomic E-state index is 12.8. The molecule has 0 aliphatic carbocycles. The van der Waals surface area contributed by atoms with Gasteiger partial charge in [0.2, 0.25) is 0 Å². The fraction of sp³-hybridized carbons (Fsp3) is 0.600. The van der Waals surface area contributed by atoms with Crippen molar-refractivity contribution < 1.29 is 24.2 Å². The summed E-state index contributed by atoms with van der Waals surface area (Å²) in [6.45, 7) is 1.88. The number of aryl methyl sites for hydroxylation is 1. The lowest BCUT2D eigenvalue weighted by molar-refractivity contribution is 0.0317. The Morgan fingerprint density at radius 3 is 2.50 bits per heavy atom. The molecule has 6 nitrogen and oxygen atoms in total. The van der Waals surface area contributed by atoms with Crippen LogP contribution in [0.5, 0.6) is 11.5 Å². The number of rotatable bonds is 2. The van der Waals surface area contributed by atoms with E-state index in [1.54, 1.807) is 20.3 Å². The van der Waals surface area contributed by atoms with E-state index in [1.165, 1.54) is 0 Å². The van der Waals surface area contributed by atoms with E-state index in [1.807, 2.05) is 13.0 Å². The summed E-state index contributed by atoms with van der Waals surface area (Å²) in [5, 5.41) is 12.5. The number of nitrogens with zero attached hydrogens (tertiary/aromatic N) is 1. The maximum Gasteiger partial charge on any atom is 0.342 e. The van der Waals surface area contributed by atoms with Gasteiger partial charge in [-0.3, -0.25) is 0 Å². The average Bonchev–Trinajstić information content (AvgIpc) is 2.64. The first-order valence-electron chi connectivity index (χ1n) is 9.24. The van der Waals surface area contributed by atoms with Gasteiger partial charge in [0.25, 0.3) is 0 Å². The molecule has 6 heteroatoms. The van der Waals surface area contributed by atoms with Crippen molar-refractivity contribution in [2.75, 3.05) is 14.2 Å². The van der Waals surface area contributed by atoms with E-state index < -0.39 is 0 Å². The third-order valence-corrected chi connectivity index (χ3v) is 4.75. The number of benzene rings is 1. The summed E-state index contributed by atoms with van der Waals surface area (Å²) in [6.07, 6.45) is 6.47. The van der Waals surface area contributed by atoms with Gasteiger partial charge >= 0.3 is 5.97 Å². The Bertz CT molecular complexity index is 641. The molecular weight excluding hydrogens is 334 g/mol. The van der Waals surface area contributed by atoms with Crippen LogP contribution in [0.2, 0.25) is 0 Å². The average molecular weight is 363 g/mol. The predicted octanol–water partition coefficient (Wildman–Crippen LogP) is 4.37. The molecule has 26 heavy (non-hydrogen) atoms. The third-order valence-electron chi connectivity index (χ3n) is 4.75. The van der Waals surface area contributed by atoms with E-state index in [0.717, 1.165) is 62.6 Å². The van der Waals surface area contributed by atoms with Crippen molar-refractivity contribution >= 4 is 11.7 Å². The van der Waals surface area contributed by atoms with Gasteiger partial charge in [0.15, 0.2) is 0 Å². The summed E-state index contributed by atoms with van der Waals surface area (Å²) < 4.78 is 16.4. The molecule has 1 aromatic carbocycles. The van der Waals surface area contributed by atoms with Crippen LogP contribution in [0.25, 0.3) is 0 Å². The van der Waals surface area contributed by atoms with Crippen LogP contribution in [0, 0.1) is 0 Å². The van der Waals surface area contributed by atoms with Gasteiger partial charge in [-0.1, -0.05) is 11.6 Å². The monoisotopic (exact) mass is 363 g/mol. The van der Waals surface area contributed by atoms with Crippen LogP contribution in [0.3, 0.4) is 0 Å². The second-order valence-corrected chi connectivity index (χ2v) is 6.70. The van der Waals surface area contributed by atoms with Crippen molar-refractivity contribution in [2.45, 2.75) is 64.4 Å². The number of carbonyl (C=O) groups excluding carboxylic acids is 1. The van der Waals surface area contributed by atoms with Crippen LogP contribution in [-0.2, 0) is 11.2 Å². The predicted molar refractivity (Wildman–Crippen MR) is 99.7 cm³/mol. The lowest BCUT2D eigenvalue weighted by Gasteiger charge is -2.19. The molecule has 0 saturated heterocycles. The molecule has 1 aliphatic heterocycles. The minimum atomic E-state index is -0.361. The number of oxime groups is 1. The van der Waals surface area contributed by atoms with E-state index in [-0.39, 0.29) is 12.1 Å². The van der Waals surface area contributed by atoms with Crippen LogP contribution in [0.1, 0.15) is 67.8 Å². The molecule has 2 rings (SSSR count). The topological polar surface area (TPSA) is 77.4 Å². The zero-order valence-corrected chi connectivity index (χ0v) is 15.9. The Balaban J connectivity index is 2.30. The van der Waals surface area contributed by atoms with E-state index in [2.05, 4.69) is 5.16 Å². The first-order valence-corrected chi connectivity index (χ1v) is 9.24. The first-order chi connectivity index (χ1) is 12.6. The van der Waals surface area contributed by atoms with E-state index >= 15 is 0 Å². The normalized spacial score (nSPS) is 21.4. The van der Waals surface area contributed by atoms with Crippen molar-refractivity contribution in [1.82, 2.24) is 0 Å². The summed E-state index contributed by atoms with van der Waals surface area (Å²) in [5.74, 6) is 0.788. The van der Waals surface area contributed by atoms with Crippen molar-refractivity contribution in [2.24, 2.45) is 5.16 Å². The highest BCUT2D eigenvalue weighted by atomic mass is 16.5. The van der Waals surface area contributed by atoms with Crippen molar-refractivity contribution in [3.8, 4) is 11.5 Å². The molecule has 1 atom stereocenters. The summed E-state index contributed by atoms with van der Waals surface area (Å²) >= 11 is 0. The fourth-order valence-electron chi connectivity index (χ4n) is 3.29. The minimum Gasteiger partial charge on any atom is -0.497 e. The summed E-state index contributed by atoms with van der Waals surface area (Å²) in [6, 6.07) is 3.61. The van der Waals surface area contributed by atoms with E-state index in [0.29, 0.717) is 17.1 Å². The number of methoxy groups -OCH3 is 2. The molecule has 1 heterocycles. The molecule has 0 amide bonds. The highest BCUT2D eigenvalue weighted by Gasteiger charge is 2.22. The largest absolute Gasteiger partial charge is 0.497 e. The molecule has 0 bridgehead atoms. The Morgan fingerprint density at radius 2 is 1.81 bits per heavy atom. The zero-order valence-electron chi connectivity index (χ0n) is 15.9. The second kappa shape index (κ2) is 10.0. The molecular formula is C20H29NO5. The Labute approximate surface area is 155 Å². The third kappa shape index (κ3) is 5.38. The number of hydrogen-bond donors (Lipinski definition) is 1.